The molecule has 0 spiro atoms. The Morgan fingerprint density at radius 3 is 2.52 bits per heavy atom. The van der Waals surface area contributed by atoms with Crippen molar-refractivity contribution in [2.24, 2.45) is 5.92 Å². The third-order valence-electron chi connectivity index (χ3n) is 4.30. The van der Waals surface area contributed by atoms with Crippen molar-refractivity contribution in [1.82, 2.24) is 10.2 Å². The van der Waals surface area contributed by atoms with Crippen LogP contribution < -0.4 is 9.62 Å². The number of amides is 1. The fraction of sp³-hybridized carbons (Fsp3) is 0.250. The molecule has 0 radical (unpaired) electrons. The molecule has 0 unspecified atom stereocenters. The molecule has 31 heavy (non-hydrogen) atoms. The number of hydrogen-bond donors (Lipinski definition) is 1. The summed E-state index contributed by atoms with van der Waals surface area (Å²) in [6.45, 7) is 4.10. The summed E-state index contributed by atoms with van der Waals surface area (Å²) >= 11 is 7.40. The number of anilines is 2. The van der Waals surface area contributed by atoms with E-state index in [1.165, 1.54) is 48.7 Å². The Labute approximate surface area is 188 Å². The maximum absolute atomic E-state index is 13.2. The standard InChI is InChI=1S/C20H20ClFN4O3S2/c1-12(2)10-18-24-25-20(30-18)23-19(27)16-11-15(8-9-17(16)21)31(28,29)26(3)14-6-4-13(22)5-7-14/h4-9,11-12H,10H2,1-3H3,(H,23,25,27). The molecular formula is C20H20ClFN4O3S2. The fourth-order valence-electron chi connectivity index (χ4n) is 2.69. The lowest BCUT2D eigenvalue weighted by Crippen LogP contribution is -2.27. The topological polar surface area (TPSA) is 92.3 Å². The number of hydrogen-bond acceptors (Lipinski definition) is 6. The van der Waals surface area contributed by atoms with Crippen LogP contribution in [0.2, 0.25) is 5.02 Å². The van der Waals surface area contributed by atoms with E-state index in [1.54, 1.807) is 0 Å². The highest BCUT2D eigenvalue weighted by Gasteiger charge is 2.24. The first-order valence-corrected chi connectivity index (χ1v) is 11.9. The van der Waals surface area contributed by atoms with Crippen molar-refractivity contribution in [2.45, 2.75) is 25.2 Å². The molecule has 2 aromatic carbocycles. The second-order valence-electron chi connectivity index (χ2n) is 7.14. The summed E-state index contributed by atoms with van der Waals surface area (Å²) in [5, 5.41) is 11.8. The van der Waals surface area contributed by atoms with E-state index in [-0.39, 0.29) is 21.2 Å². The first-order valence-electron chi connectivity index (χ1n) is 9.25. The van der Waals surface area contributed by atoms with E-state index < -0.39 is 21.7 Å². The molecule has 0 aliphatic carbocycles. The van der Waals surface area contributed by atoms with E-state index >= 15 is 0 Å². The third kappa shape index (κ3) is 5.38. The average Bonchev–Trinajstić information content (AvgIpc) is 3.14. The lowest BCUT2D eigenvalue weighted by Gasteiger charge is -2.20. The average molecular weight is 483 g/mol. The number of nitrogens with zero attached hydrogens (tertiary/aromatic N) is 3. The number of benzene rings is 2. The lowest BCUT2D eigenvalue weighted by molar-refractivity contribution is 0.102. The summed E-state index contributed by atoms with van der Waals surface area (Å²) in [6.07, 6.45) is 0.734. The van der Waals surface area contributed by atoms with Crippen LogP contribution in [0.5, 0.6) is 0 Å². The van der Waals surface area contributed by atoms with Crippen LogP contribution in [0.1, 0.15) is 29.2 Å². The van der Waals surface area contributed by atoms with E-state index in [0.717, 1.165) is 27.9 Å². The van der Waals surface area contributed by atoms with Crippen molar-refractivity contribution in [3.8, 4) is 0 Å². The first kappa shape index (κ1) is 23.1. The van der Waals surface area contributed by atoms with Gasteiger partial charge in [-0.15, -0.1) is 10.2 Å². The third-order valence-corrected chi connectivity index (χ3v) is 7.27. The molecule has 0 saturated heterocycles. The van der Waals surface area contributed by atoms with Gasteiger partial charge in [-0.1, -0.05) is 36.8 Å². The second-order valence-corrected chi connectivity index (χ2v) is 10.6. The molecule has 1 heterocycles. The largest absolute Gasteiger partial charge is 0.296 e. The summed E-state index contributed by atoms with van der Waals surface area (Å²) in [5.41, 5.74) is 0.254. The Morgan fingerprint density at radius 2 is 1.87 bits per heavy atom. The van der Waals surface area contributed by atoms with Crippen molar-refractivity contribution in [3.05, 3.63) is 63.9 Å². The Morgan fingerprint density at radius 1 is 1.19 bits per heavy atom. The quantitative estimate of drug-likeness (QED) is 0.531. The van der Waals surface area contributed by atoms with Gasteiger partial charge in [0.05, 0.1) is 21.2 Å². The molecule has 0 atom stereocenters. The van der Waals surface area contributed by atoms with Crippen LogP contribution in [-0.4, -0.2) is 31.6 Å². The van der Waals surface area contributed by atoms with Crippen LogP contribution in [0.3, 0.4) is 0 Å². The number of aromatic nitrogens is 2. The van der Waals surface area contributed by atoms with Crippen molar-refractivity contribution >= 4 is 49.7 Å². The van der Waals surface area contributed by atoms with Crippen molar-refractivity contribution < 1.29 is 17.6 Å². The molecule has 0 fully saturated rings. The number of halogens is 2. The number of carbonyl (C=O) groups excluding carboxylic acids is 1. The monoisotopic (exact) mass is 482 g/mol. The highest BCUT2D eigenvalue weighted by atomic mass is 35.5. The summed E-state index contributed by atoms with van der Waals surface area (Å²) in [5.74, 6) is -0.683. The smallest absolute Gasteiger partial charge is 0.264 e. The van der Waals surface area contributed by atoms with Gasteiger partial charge in [0.15, 0.2) is 0 Å². The normalized spacial score (nSPS) is 11.5. The fourth-order valence-corrected chi connectivity index (χ4v) is 5.06. The molecule has 3 rings (SSSR count). The minimum Gasteiger partial charge on any atom is -0.296 e. The zero-order valence-corrected chi connectivity index (χ0v) is 19.4. The van der Waals surface area contributed by atoms with Crippen LogP contribution >= 0.6 is 22.9 Å². The van der Waals surface area contributed by atoms with Crippen molar-refractivity contribution in [3.63, 3.8) is 0 Å². The highest BCUT2D eigenvalue weighted by molar-refractivity contribution is 7.92. The van der Waals surface area contributed by atoms with Gasteiger partial charge < -0.3 is 0 Å². The van der Waals surface area contributed by atoms with Gasteiger partial charge in [-0.05, 0) is 48.4 Å². The Hall–Kier alpha value is -2.56. The van der Waals surface area contributed by atoms with Crippen LogP contribution in [0.25, 0.3) is 0 Å². The molecule has 1 N–H and O–H groups in total. The molecular weight excluding hydrogens is 463 g/mol. The van der Waals surface area contributed by atoms with Crippen molar-refractivity contribution in [1.29, 1.82) is 0 Å². The molecule has 0 saturated carbocycles. The summed E-state index contributed by atoms with van der Waals surface area (Å²) in [6, 6.07) is 8.87. The SMILES string of the molecule is CC(C)Cc1nnc(NC(=O)c2cc(S(=O)(=O)N(C)c3ccc(F)cc3)ccc2Cl)s1. The molecule has 3 aromatic rings. The molecule has 11 heteroatoms. The zero-order chi connectivity index (χ0) is 22.8. The molecule has 0 aliphatic heterocycles. The van der Waals surface area contributed by atoms with E-state index in [2.05, 4.69) is 15.5 Å². The zero-order valence-electron chi connectivity index (χ0n) is 17.0. The van der Waals surface area contributed by atoms with Gasteiger partial charge in [0.25, 0.3) is 15.9 Å². The minimum atomic E-state index is -4.01. The Balaban J connectivity index is 1.85. The Bertz CT molecular complexity index is 1200. The van der Waals surface area contributed by atoms with Crippen molar-refractivity contribution in [2.75, 3.05) is 16.7 Å². The molecule has 1 aromatic heterocycles. The molecule has 0 aliphatic rings. The predicted octanol–water partition coefficient (Wildman–Crippen LogP) is 4.61. The van der Waals surface area contributed by atoms with Crippen LogP contribution in [0, 0.1) is 11.7 Å². The maximum atomic E-state index is 13.2. The van der Waals surface area contributed by atoms with Gasteiger partial charge in [0.1, 0.15) is 10.8 Å². The van der Waals surface area contributed by atoms with Crippen LogP contribution in [0.15, 0.2) is 47.4 Å². The number of sulfonamides is 1. The van der Waals surface area contributed by atoms with E-state index in [4.69, 9.17) is 11.6 Å². The van der Waals surface area contributed by atoms with E-state index in [1.807, 2.05) is 13.8 Å². The van der Waals surface area contributed by atoms with Gasteiger partial charge >= 0.3 is 0 Å². The first-order chi connectivity index (χ1) is 14.6. The van der Waals surface area contributed by atoms with Crippen LogP contribution in [0.4, 0.5) is 15.2 Å². The summed E-state index contributed by atoms with van der Waals surface area (Å²) in [7, 11) is -2.67. The lowest BCUT2D eigenvalue weighted by atomic mass is 10.1. The van der Waals surface area contributed by atoms with Gasteiger partial charge in [-0.25, -0.2) is 12.8 Å². The van der Waals surface area contributed by atoms with Crippen LogP contribution in [-0.2, 0) is 16.4 Å². The highest BCUT2D eigenvalue weighted by Crippen LogP contribution is 2.27. The maximum Gasteiger partial charge on any atom is 0.264 e. The summed E-state index contributed by atoms with van der Waals surface area (Å²) < 4.78 is 40.2. The molecule has 164 valence electrons. The number of carbonyl (C=O) groups is 1. The van der Waals surface area contributed by atoms with E-state index in [9.17, 15) is 17.6 Å². The van der Waals surface area contributed by atoms with Gasteiger partial charge in [-0.2, -0.15) is 0 Å². The molecule has 7 nitrogen and oxygen atoms in total. The van der Waals surface area contributed by atoms with E-state index in [0.29, 0.717) is 11.0 Å². The molecule has 1 amide bonds. The Kier molecular flexibility index (Phi) is 6.93. The second kappa shape index (κ2) is 9.29. The summed E-state index contributed by atoms with van der Waals surface area (Å²) in [4.78, 5) is 12.6. The number of rotatable bonds is 7. The predicted molar refractivity (Wildman–Crippen MR) is 120 cm³/mol. The van der Waals surface area contributed by atoms with Gasteiger partial charge in [0.2, 0.25) is 5.13 Å². The number of nitrogens with one attached hydrogen (secondary N) is 1. The van der Waals surface area contributed by atoms with Gasteiger partial charge in [0, 0.05) is 13.5 Å². The van der Waals surface area contributed by atoms with Gasteiger partial charge in [-0.3, -0.25) is 14.4 Å². The molecule has 0 bridgehead atoms. The minimum absolute atomic E-state index is 0.0177.